The lowest BCUT2D eigenvalue weighted by atomic mass is 10.1. The normalized spacial score (nSPS) is 15.6. The van der Waals surface area contributed by atoms with Crippen molar-refractivity contribution in [3.05, 3.63) is 52.9 Å². The van der Waals surface area contributed by atoms with Crippen molar-refractivity contribution in [2.24, 2.45) is 0 Å². The summed E-state index contributed by atoms with van der Waals surface area (Å²) in [6, 6.07) is 5.72. The molecule has 1 aromatic carbocycles. The third-order valence-electron chi connectivity index (χ3n) is 4.49. The molecule has 0 aliphatic carbocycles. The molecule has 1 N–H and O–H groups in total. The second-order valence-electron chi connectivity index (χ2n) is 6.75. The van der Waals surface area contributed by atoms with E-state index in [-0.39, 0.29) is 12.3 Å². The van der Waals surface area contributed by atoms with Gasteiger partial charge in [0.15, 0.2) is 11.6 Å². The number of aliphatic hydroxyl groups excluding tert-OH is 1. The molecule has 1 aliphatic heterocycles. The van der Waals surface area contributed by atoms with Gasteiger partial charge in [0, 0.05) is 33.7 Å². The Kier molecular flexibility index (Phi) is 5.33. The average molecular weight is 364 g/mol. The first-order chi connectivity index (χ1) is 12.3. The summed E-state index contributed by atoms with van der Waals surface area (Å²) in [5.41, 5.74) is 2.10. The molecule has 8 heteroatoms. The lowest BCUT2D eigenvalue weighted by Crippen LogP contribution is -2.33. The van der Waals surface area contributed by atoms with E-state index in [0.29, 0.717) is 37.4 Å². The summed E-state index contributed by atoms with van der Waals surface area (Å²) in [6.45, 7) is 2.42. The molecule has 0 saturated heterocycles. The van der Waals surface area contributed by atoms with E-state index >= 15 is 0 Å². The summed E-state index contributed by atoms with van der Waals surface area (Å²) in [4.78, 5) is 15.3. The molecule has 0 fully saturated rings. The van der Waals surface area contributed by atoms with Gasteiger partial charge in [-0.3, -0.25) is 14.4 Å². The Hall–Kier alpha value is -2.32. The van der Waals surface area contributed by atoms with Crippen molar-refractivity contribution in [3.63, 3.8) is 0 Å². The van der Waals surface area contributed by atoms with Gasteiger partial charge < -0.3 is 10.0 Å². The maximum atomic E-state index is 13.4. The van der Waals surface area contributed by atoms with Crippen LogP contribution in [-0.2, 0) is 24.4 Å². The van der Waals surface area contributed by atoms with Crippen LogP contribution in [0.5, 0.6) is 0 Å². The lowest BCUT2D eigenvalue weighted by molar-refractivity contribution is -0.130. The van der Waals surface area contributed by atoms with E-state index in [9.17, 15) is 18.7 Å². The average Bonchev–Trinajstić information content (AvgIpc) is 3.01. The largest absolute Gasteiger partial charge is 0.386 e. The second kappa shape index (κ2) is 7.51. The predicted molar refractivity (Wildman–Crippen MR) is 91.0 cm³/mol. The predicted octanol–water partition coefficient (Wildman–Crippen LogP) is 1.69. The van der Waals surface area contributed by atoms with E-state index in [1.165, 1.54) is 11.0 Å². The molecular formula is C18H22F2N4O2. The molecule has 140 valence electrons. The monoisotopic (exact) mass is 364 g/mol. The number of fused-ring (bicyclic) bond motifs is 1. The highest BCUT2D eigenvalue weighted by Gasteiger charge is 2.23. The molecule has 1 atom stereocenters. The number of hydrogen-bond acceptors (Lipinski definition) is 4. The topological polar surface area (TPSA) is 61.6 Å². The quantitative estimate of drug-likeness (QED) is 0.877. The number of benzene rings is 1. The number of nitrogens with zero attached hydrogens (tertiary/aromatic N) is 4. The summed E-state index contributed by atoms with van der Waals surface area (Å²) in [5, 5.41) is 14.6. The SMILES string of the molecule is CN(C)C(=O)C[C@H](O)c1cc2n(n1)CCN(Cc1ccc(F)c(F)c1)C2. The number of rotatable bonds is 5. The molecule has 0 spiro atoms. The zero-order valence-corrected chi connectivity index (χ0v) is 14.8. The van der Waals surface area contributed by atoms with Crippen LogP contribution in [0.4, 0.5) is 8.78 Å². The van der Waals surface area contributed by atoms with Crippen LogP contribution < -0.4 is 0 Å². The number of carbonyl (C=O) groups is 1. The molecule has 1 aromatic heterocycles. The van der Waals surface area contributed by atoms with E-state index in [1.807, 2.05) is 4.68 Å². The molecule has 3 rings (SSSR count). The van der Waals surface area contributed by atoms with Crippen LogP contribution >= 0.6 is 0 Å². The molecule has 26 heavy (non-hydrogen) atoms. The van der Waals surface area contributed by atoms with Gasteiger partial charge in [0.05, 0.1) is 24.4 Å². The Labute approximate surface area is 150 Å². The van der Waals surface area contributed by atoms with Crippen LogP contribution in [0.25, 0.3) is 0 Å². The summed E-state index contributed by atoms with van der Waals surface area (Å²) in [5.74, 6) is -1.86. The number of halogens is 2. The van der Waals surface area contributed by atoms with Crippen molar-refractivity contribution in [1.29, 1.82) is 0 Å². The molecular weight excluding hydrogens is 342 g/mol. The highest BCUT2D eigenvalue weighted by Crippen LogP contribution is 2.22. The zero-order valence-electron chi connectivity index (χ0n) is 14.8. The zero-order chi connectivity index (χ0) is 18.8. The Morgan fingerprint density at radius 1 is 1.27 bits per heavy atom. The van der Waals surface area contributed by atoms with Gasteiger partial charge in [-0.15, -0.1) is 0 Å². The first-order valence-corrected chi connectivity index (χ1v) is 8.44. The van der Waals surface area contributed by atoms with Crippen LogP contribution in [0.3, 0.4) is 0 Å². The minimum absolute atomic E-state index is 0.0119. The summed E-state index contributed by atoms with van der Waals surface area (Å²) < 4.78 is 28.2. The van der Waals surface area contributed by atoms with E-state index in [4.69, 9.17) is 0 Å². The number of carbonyl (C=O) groups excluding carboxylic acids is 1. The van der Waals surface area contributed by atoms with Crippen LogP contribution in [0, 0.1) is 11.6 Å². The number of hydrogen-bond donors (Lipinski definition) is 1. The van der Waals surface area contributed by atoms with Gasteiger partial charge >= 0.3 is 0 Å². The van der Waals surface area contributed by atoms with Gasteiger partial charge in [0.25, 0.3) is 0 Å². The Morgan fingerprint density at radius 3 is 2.73 bits per heavy atom. The molecule has 1 aliphatic rings. The van der Waals surface area contributed by atoms with Crippen LogP contribution in [0.2, 0.25) is 0 Å². The van der Waals surface area contributed by atoms with Gasteiger partial charge in [-0.25, -0.2) is 8.78 Å². The molecule has 0 saturated carbocycles. The smallest absolute Gasteiger partial charge is 0.225 e. The highest BCUT2D eigenvalue weighted by atomic mass is 19.2. The van der Waals surface area contributed by atoms with Crippen molar-refractivity contribution >= 4 is 5.91 Å². The van der Waals surface area contributed by atoms with Crippen molar-refractivity contribution in [2.45, 2.75) is 32.2 Å². The number of aromatic nitrogens is 2. The molecule has 0 radical (unpaired) electrons. The van der Waals surface area contributed by atoms with Crippen molar-refractivity contribution in [1.82, 2.24) is 19.6 Å². The van der Waals surface area contributed by atoms with Crippen molar-refractivity contribution < 1.29 is 18.7 Å². The number of aliphatic hydroxyl groups is 1. The Morgan fingerprint density at radius 2 is 2.04 bits per heavy atom. The summed E-state index contributed by atoms with van der Waals surface area (Å²) >= 11 is 0. The van der Waals surface area contributed by atoms with E-state index in [0.717, 1.165) is 11.8 Å². The minimum Gasteiger partial charge on any atom is -0.386 e. The standard InChI is InChI=1S/C18H22F2N4O2/c1-22(2)18(26)9-17(25)16-8-13-11-23(5-6-24(13)21-16)10-12-3-4-14(19)15(20)7-12/h3-4,7-8,17,25H,5-6,9-11H2,1-2H3/t17-/m0/s1. The van der Waals surface area contributed by atoms with Crippen LogP contribution in [0.1, 0.15) is 29.5 Å². The van der Waals surface area contributed by atoms with Gasteiger partial charge in [-0.05, 0) is 23.8 Å². The molecule has 6 nitrogen and oxygen atoms in total. The minimum atomic E-state index is -0.942. The summed E-state index contributed by atoms with van der Waals surface area (Å²) in [7, 11) is 3.28. The summed E-state index contributed by atoms with van der Waals surface area (Å²) in [6.07, 6.45) is -0.954. The fourth-order valence-corrected chi connectivity index (χ4v) is 2.99. The van der Waals surface area contributed by atoms with Gasteiger partial charge in [-0.1, -0.05) is 6.07 Å². The molecule has 0 unspecified atom stereocenters. The van der Waals surface area contributed by atoms with Gasteiger partial charge in [0.2, 0.25) is 5.91 Å². The fraction of sp³-hybridized carbons (Fsp3) is 0.444. The maximum Gasteiger partial charge on any atom is 0.225 e. The lowest BCUT2D eigenvalue weighted by Gasteiger charge is -2.27. The van der Waals surface area contributed by atoms with E-state index in [2.05, 4.69) is 10.00 Å². The van der Waals surface area contributed by atoms with Gasteiger partial charge in [-0.2, -0.15) is 5.10 Å². The molecule has 2 heterocycles. The number of amides is 1. The second-order valence-corrected chi connectivity index (χ2v) is 6.75. The van der Waals surface area contributed by atoms with Crippen LogP contribution in [0.15, 0.2) is 24.3 Å². The van der Waals surface area contributed by atoms with Gasteiger partial charge in [0.1, 0.15) is 6.10 Å². The molecule has 2 aromatic rings. The Balaban J connectivity index is 1.66. The van der Waals surface area contributed by atoms with E-state index in [1.54, 1.807) is 26.2 Å². The molecule has 0 bridgehead atoms. The third kappa shape index (κ3) is 4.08. The van der Waals surface area contributed by atoms with Crippen LogP contribution in [-0.4, -0.2) is 51.2 Å². The van der Waals surface area contributed by atoms with Crippen molar-refractivity contribution in [3.8, 4) is 0 Å². The van der Waals surface area contributed by atoms with E-state index < -0.39 is 17.7 Å². The first kappa shape index (κ1) is 18.5. The fourth-order valence-electron chi connectivity index (χ4n) is 2.99. The molecule has 1 amide bonds. The third-order valence-corrected chi connectivity index (χ3v) is 4.49. The highest BCUT2D eigenvalue weighted by molar-refractivity contribution is 5.76. The Bertz CT molecular complexity index is 806. The maximum absolute atomic E-state index is 13.4. The first-order valence-electron chi connectivity index (χ1n) is 8.44. The van der Waals surface area contributed by atoms with Crippen molar-refractivity contribution in [2.75, 3.05) is 20.6 Å².